The molecule has 2 heterocycles. The quantitative estimate of drug-likeness (QED) is 0.688. The van der Waals surface area contributed by atoms with Crippen molar-refractivity contribution in [3.8, 4) is 0 Å². The minimum atomic E-state index is 0.0294. The van der Waals surface area contributed by atoms with Crippen molar-refractivity contribution < 1.29 is 4.79 Å². The van der Waals surface area contributed by atoms with Crippen molar-refractivity contribution in [3.05, 3.63) is 54.1 Å². The zero-order valence-corrected chi connectivity index (χ0v) is 15.8. The summed E-state index contributed by atoms with van der Waals surface area (Å²) in [6.07, 6.45) is 3.51. The Morgan fingerprint density at radius 3 is 2.69 bits per heavy atom. The van der Waals surface area contributed by atoms with Crippen LogP contribution in [0.2, 0.25) is 0 Å². The largest absolute Gasteiger partial charge is 0.346 e. The highest BCUT2D eigenvalue weighted by atomic mass is 32.1. The third kappa shape index (κ3) is 3.58. The summed E-state index contributed by atoms with van der Waals surface area (Å²) in [7, 11) is 0. The number of hydrogen-bond donors (Lipinski definition) is 1. The van der Waals surface area contributed by atoms with E-state index in [-0.39, 0.29) is 11.8 Å². The number of benzene rings is 2. The first-order chi connectivity index (χ1) is 12.7. The Morgan fingerprint density at radius 1 is 1.19 bits per heavy atom. The lowest BCUT2D eigenvalue weighted by Gasteiger charge is -2.37. The summed E-state index contributed by atoms with van der Waals surface area (Å²) in [6.45, 7) is 3.67. The third-order valence-electron chi connectivity index (χ3n) is 4.85. The minimum Gasteiger partial charge on any atom is -0.346 e. The van der Waals surface area contributed by atoms with Crippen molar-refractivity contribution in [3.63, 3.8) is 0 Å². The molecule has 1 aliphatic rings. The van der Waals surface area contributed by atoms with Crippen LogP contribution in [0.5, 0.6) is 0 Å². The molecule has 1 N–H and O–H groups in total. The summed E-state index contributed by atoms with van der Waals surface area (Å²) in [5, 5.41) is 4.05. The molecule has 0 spiro atoms. The lowest BCUT2D eigenvalue weighted by Crippen LogP contribution is -2.52. The maximum absolute atomic E-state index is 12.4. The number of thiazole rings is 1. The number of para-hydroxylation sites is 1. The first-order valence-corrected chi connectivity index (χ1v) is 10.0. The van der Waals surface area contributed by atoms with Crippen LogP contribution in [0.15, 0.2) is 48.5 Å². The first kappa shape index (κ1) is 17.0. The number of carbonyl (C=O) groups excluding carboxylic acids is 1. The van der Waals surface area contributed by atoms with E-state index in [1.807, 2.05) is 30.3 Å². The molecule has 1 aliphatic heterocycles. The number of nitrogens with zero attached hydrogens (tertiary/aromatic N) is 2. The predicted molar refractivity (Wildman–Crippen MR) is 109 cm³/mol. The number of aromatic nitrogens is 1. The molecule has 1 fully saturated rings. The summed E-state index contributed by atoms with van der Waals surface area (Å²) in [5.74, 6) is 0.130. The van der Waals surface area contributed by atoms with Gasteiger partial charge in [-0.3, -0.25) is 4.79 Å². The molecule has 4 nitrogen and oxygen atoms in total. The van der Waals surface area contributed by atoms with Gasteiger partial charge in [-0.15, -0.1) is 0 Å². The van der Waals surface area contributed by atoms with E-state index in [4.69, 9.17) is 0 Å². The maximum atomic E-state index is 12.4. The van der Waals surface area contributed by atoms with Crippen LogP contribution in [0.1, 0.15) is 25.3 Å². The highest BCUT2D eigenvalue weighted by Gasteiger charge is 2.34. The van der Waals surface area contributed by atoms with E-state index in [1.165, 1.54) is 23.1 Å². The molecule has 0 bridgehead atoms. The molecule has 26 heavy (non-hydrogen) atoms. The first-order valence-electron chi connectivity index (χ1n) is 9.23. The van der Waals surface area contributed by atoms with Crippen LogP contribution in [0.25, 0.3) is 10.2 Å². The molecular weight excluding hydrogens is 342 g/mol. The number of unbranched alkanes of at least 4 members (excludes halogenated alkanes) is 1. The Morgan fingerprint density at radius 2 is 1.96 bits per heavy atom. The Hall–Kier alpha value is -2.40. The van der Waals surface area contributed by atoms with Gasteiger partial charge in [-0.2, -0.15) is 0 Å². The highest BCUT2D eigenvalue weighted by molar-refractivity contribution is 7.22. The van der Waals surface area contributed by atoms with Crippen LogP contribution < -0.4 is 10.2 Å². The van der Waals surface area contributed by atoms with Crippen LogP contribution in [0.4, 0.5) is 10.8 Å². The molecule has 2 aromatic carbocycles. The summed E-state index contributed by atoms with van der Waals surface area (Å²) < 4.78 is 1.19. The molecule has 0 radical (unpaired) electrons. The summed E-state index contributed by atoms with van der Waals surface area (Å²) in [4.78, 5) is 19.3. The van der Waals surface area contributed by atoms with Gasteiger partial charge in [-0.05, 0) is 42.7 Å². The Labute approximate surface area is 157 Å². The van der Waals surface area contributed by atoms with Gasteiger partial charge in [0.15, 0.2) is 5.13 Å². The fraction of sp³-hybridized carbons (Fsp3) is 0.333. The smallest absolute Gasteiger partial charge is 0.231 e. The number of aryl methyl sites for hydroxylation is 1. The van der Waals surface area contributed by atoms with Crippen molar-refractivity contribution in [1.82, 2.24) is 4.98 Å². The van der Waals surface area contributed by atoms with Gasteiger partial charge in [0.25, 0.3) is 0 Å². The fourth-order valence-electron chi connectivity index (χ4n) is 3.18. The SMILES string of the molecule is CCCCc1ccc(NC(=O)C2CN(c3nc4ccccc4s3)C2)cc1. The van der Waals surface area contributed by atoms with E-state index in [9.17, 15) is 4.79 Å². The molecule has 1 aromatic heterocycles. The number of anilines is 2. The standard InChI is InChI=1S/C21H23N3OS/c1-2-3-6-15-9-11-17(12-10-15)22-20(25)16-13-24(14-16)21-23-18-7-4-5-8-19(18)26-21/h4-5,7-12,16H,2-3,6,13-14H2,1H3,(H,22,25). The van der Waals surface area contributed by atoms with E-state index in [2.05, 4.69) is 40.3 Å². The van der Waals surface area contributed by atoms with E-state index in [0.717, 1.165) is 35.8 Å². The zero-order valence-electron chi connectivity index (χ0n) is 14.9. The van der Waals surface area contributed by atoms with Gasteiger partial charge in [-0.1, -0.05) is 48.9 Å². The summed E-state index contributed by atoms with van der Waals surface area (Å²) >= 11 is 1.69. The van der Waals surface area contributed by atoms with Crippen molar-refractivity contribution in [2.24, 2.45) is 5.92 Å². The third-order valence-corrected chi connectivity index (χ3v) is 5.94. The second-order valence-electron chi connectivity index (χ2n) is 6.86. The van der Waals surface area contributed by atoms with Crippen LogP contribution in [-0.4, -0.2) is 24.0 Å². The van der Waals surface area contributed by atoms with Gasteiger partial charge in [0.1, 0.15) is 0 Å². The Kier molecular flexibility index (Phi) is 4.89. The average molecular weight is 366 g/mol. The highest BCUT2D eigenvalue weighted by Crippen LogP contribution is 2.33. The van der Waals surface area contributed by atoms with Gasteiger partial charge in [0.2, 0.25) is 5.91 Å². The van der Waals surface area contributed by atoms with Crippen molar-refractivity contribution >= 4 is 38.3 Å². The van der Waals surface area contributed by atoms with Gasteiger partial charge in [-0.25, -0.2) is 4.98 Å². The lowest BCUT2D eigenvalue weighted by molar-refractivity contribution is -0.120. The van der Waals surface area contributed by atoms with Crippen LogP contribution >= 0.6 is 11.3 Å². The number of amides is 1. The van der Waals surface area contributed by atoms with E-state index >= 15 is 0 Å². The Balaban J connectivity index is 1.31. The van der Waals surface area contributed by atoms with E-state index < -0.39 is 0 Å². The van der Waals surface area contributed by atoms with Crippen molar-refractivity contribution in [2.75, 3.05) is 23.3 Å². The molecular formula is C21H23N3OS. The van der Waals surface area contributed by atoms with Crippen LogP contribution in [-0.2, 0) is 11.2 Å². The van der Waals surface area contributed by atoms with Crippen molar-refractivity contribution in [1.29, 1.82) is 0 Å². The topological polar surface area (TPSA) is 45.2 Å². The molecule has 134 valence electrons. The monoisotopic (exact) mass is 365 g/mol. The number of hydrogen-bond acceptors (Lipinski definition) is 4. The fourth-order valence-corrected chi connectivity index (χ4v) is 4.16. The van der Waals surface area contributed by atoms with Gasteiger partial charge in [0, 0.05) is 18.8 Å². The van der Waals surface area contributed by atoms with Gasteiger partial charge >= 0.3 is 0 Å². The Bertz CT molecular complexity index is 864. The molecule has 5 heteroatoms. The normalized spacial score (nSPS) is 14.4. The average Bonchev–Trinajstić information content (AvgIpc) is 3.03. The molecule has 1 saturated heterocycles. The van der Waals surface area contributed by atoms with E-state index in [1.54, 1.807) is 11.3 Å². The number of rotatable bonds is 6. The van der Waals surface area contributed by atoms with Crippen LogP contribution in [0, 0.1) is 5.92 Å². The summed E-state index contributed by atoms with van der Waals surface area (Å²) in [6, 6.07) is 16.4. The maximum Gasteiger partial charge on any atom is 0.231 e. The summed E-state index contributed by atoms with van der Waals surface area (Å²) in [5.41, 5.74) is 3.24. The number of nitrogens with one attached hydrogen (secondary N) is 1. The zero-order chi connectivity index (χ0) is 17.9. The molecule has 0 unspecified atom stereocenters. The second kappa shape index (κ2) is 7.46. The number of carbonyl (C=O) groups is 1. The predicted octanol–water partition coefficient (Wildman–Crippen LogP) is 4.71. The minimum absolute atomic E-state index is 0.0294. The molecule has 4 rings (SSSR count). The molecule has 1 amide bonds. The second-order valence-corrected chi connectivity index (χ2v) is 7.86. The van der Waals surface area contributed by atoms with Gasteiger partial charge < -0.3 is 10.2 Å². The molecule has 0 atom stereocenters. The van der Waals surface area contributed by atoms with Crippen molar-refractivity contribution in [2.45, 2.75) is 26.2 Å². The van der Waals surface area contributed by atoms with Gasteiger partial charge in [0.05, 0.1) is 16.1 Å². The molecule has 0 aliphatic carbocycles. The lowest BCUT2D eigenvalue weighted by atomic mass is 10.00. The van der Waals surface area contributed by atoms with Crippen LogP contribution in [0.3, 0.4) is 0 Å². The van der Waals surface area contributed by atoms with E-state index in [0.29, 0.717) is 0 Å². The molecule has 0 saturated carbocycles. The number of fused-ring (bicyclic) bond motifs is 1. The molecule has 3 aromatic rings.